The van der Waals surface area contributed by atoms with E-state index in [1.807, 2.05) is 0 Å². The maximum atomic E-state index is 7.62. The standard InChI is InChI=1S/C21H23ClSi/c1-16-15-21(4,18(3)17(16)2)23(22,19-11-7-5-8-12-19)20-13-9-6-10-14-20/h5-15H,1-4H3. The molecule has 0 aliphatic heterocycles. The van der Waals surface area contributed by atoms with Gasteiger partial charge in [0.15, 0.2) is 0 Å². The molecule has 2 aromatic rings. The third-order valence-corrected chi connectivity index (χ3v) is 12.2. The lowest BCUT2D eigenvalue weighted by Gasteiger charge is -2.41. The van der Waals surface area contributed by atoms with Gasteiger partial charge < -0.3 is 0 Å². The summed E-state index contributed by atoms with van der Waals surface area (Å²) in [5, 5.41) is 2.42. The lowest BCUT2D eigenvalue weighted by Crippen LogP contribution is -2.61. The first-order valence-corrected chi connectivity index (χ1v) is 11.1. The van der Waals surface area contributed by atoms with Gasteiger partial charge in [0.2, 0.25) is 7.38 Å². The molecular formula is C21H23ClSi. The van der Waals surface area contributed by atoms with Crippen molar-refractivity contribution in [3.05, 3.63) is 83.5 Å². The number of rotatable bonds is 3. The van der Waals surface area contributed by atoms with Gasteiger partial charge >= 0.3 is 0 Å². The fraction of sp³-hybridized carbons (Fsp3) is 0.238. The molecule has 2 aromatic carbocycles. The number of hydrogen-bond acceptors (Lipinski definition) is 0. The number of halogens is 1. The third kappa shape index (κ3) is 2.34. The van der Waals surface area contributed by atoms with Crippen molar-refractivity contribution in [2.24, 2.45) is 0 Å². The number of benzene rings is 2. The van der Waals surface area contributed by atoms with Crippen molar-refractivity contribution < 1.29 is 0 Å². The van der Waals surface area contributed by atoms with Crippen molar-refractivity contribution in [1.82, 2.24) is 0 Å². The van der Waals surface area contributed by atoms with Crippen LogP contribution in [0.5, 0.6) is 0 Å². The van der Waals surface area contributed by atoms with Crippen molar-refractivity contribution in [2.45, 2.75) is 32.7 Å². The Balaban J connectivity index is 2.31. The number of allylic oxidation sites excluding steroid dienone is 4. The molecule has 0 fully saturated rings. The third-order valence-electron chi connectivity index (χ3n) is 5.50. The Kier molecular flexibility index (Phi) is 4.12. The van der Waals surface area contributed by atoms with E-state index < -0.39 is 7.38 Å². The van der Waals surface area contributed by atoms with Crippen LogP contribution in [0.25, 0.3) is 0 Å². The van der Waals surface area contributed by atoms with Gasteiger partial charge in [-0.05, 0) is 36.7 Å². The summed E-state index contributed by atoms with van der Waals surface area (Å²) in [6.07, 6.45) is 2.40. The first kappa shape index (κ1) is 16.3. The van der Waals surface area contributed by atoms with Crippen LogP contribution in [0.2, 0.25) is 5.04 Å². The zero-order valence-electron chi connectivity index (χ0n) is 14.2. The largest absolute Gasteiger partial charge is 0.230 e. The first-order valence-electron chi connectivity index (χ1n) is 8.09. The van der Waals surface area contributed by atoms with Crippen LogP contribution in [0.1, 0.15) is 27.7 Å². The SMILES string of the molecule is CC1=CC(C)([Si](Cl)(c2ccccc2)c2ccccc2)C(C)=C1C. The van der Waals surface area contributed by atoms with E-state index in [1.54, 1.807) is 0 Å². The Morgan fingerprint density at radius 2 is 1.22 bits per heavy atom. The Hall–Kier alpha value is -1.57. The van der Waals surface area contributed by atoms with E-state index in [2.05, 4.69) is 94.4 Å². The normalized spacial score (nSPS) is 21.5. The van der Waals surface area contributed by atoms with Gasteiger partial charge in [0, 0.05) is 5.04 Å². The quantitative estimate of drug-likeness (QED) is 0.543. The summed E-state index contributed by atoms with van der Waals surface area (Å²) in [5.74, 6) is 0. The van der Waals surface area contributed by atoms with Crippen molar-refractivity contribution in [3.63, 3.8) is 0 Å². The summed E-state index contributed by atoms with van der Waals surface area (Å²) in [6.45, 7) is 8.99. The second kappa shape index (κ2) is 5.81. The number of hydrogen-bond donors (Lipinski definition) is 0. The average Bonchev–Trinajstić information content (AvgIpc) is 2.80. The summed E-state index contributed by atoms with van der Waals surface area (Å²) in [5.41, 5.74) is 4.15. The molecule has 2 heteroatoms. The van der Waals surface area contributed by atoms with Crippen molar-refractivity contribution in [2.75, 3.05) is 0 Å². The Morgan fingerprint density at radius 1 is 0.783 bits per heavy atom. The zero-order chi connectivity index (χ0) is 16.7. The fourth-order valence-electron chi connectivity index (χ4n) is 3.79. The van der Waals surface area contributed by atoms with Gasteiger partial charge in [-0.25, -0.2) is 0 Å². The van der Waals surface area contributed by atoms with Gasteiger partial charge in [0.05, 0.1) is 0 Å². The molecule has 0 saturated heterocycles. The van der Waals surface area contributed by atoms with Gasteiger partial charge in [-0.1, -0.05) is 84.8 Å². The molecule has 0 radical (unpaired) electrons. The maximum absolute atomic E-state index is 7.62. The minimum Gasteiger partial charge on any atom is -0.154 e. The molecule has 118 valence electrons. The molecule has 0 spiro atoms. The maximum Gasteiger partial charge on any atom is 0.230 e. The van der Waals surface area contributed by atoms with Gasteiger partial charge in [-0.15, -0.1) is 0 Å². The Bertz CT molecular complexity index is 735. The van der Waals surface area contributed by atoms with Gasteiger partial charge in [-0.3, -0.25) is 0 Å². The summed E-state index contributed by atoms with van der Waals surface area (Å²) < 4.78 is 0. The average molecular weight is 339 g/mol. The smallest absolute Gasteiger partial charge is 0.154 e. The lowest BCUT2D eigenvalue weighted by molar-refractivity contribution is 0.877. The highest BCUT2D eigenvalue weighted by molar-refractivity contribution is 7.36. The van der Waals surface area contributed by atoms with Crippen LogP contribution in [-0.4, -0.2) is 7.38 Å². The summed E-state index contributed by atoms with van der Waals surface area (Å²) >= 11 is 7.62. The second-order valence-electron chi connectivity index (χ2n) is 6.67. The molecule has 0 aromatic heterocycles. The van der Waals surface area contributed by atoms with Crippen LogP contribution in [-0.2, 0) is 0 Å². The molecule has 0 N–H and O–H groups in total. The van der Waals surface area contributed by atoms with Crippen LogP contribution in [0.3, 0.4) is 0 Å². The minimum absolute atomic E-state index is 0.120. The molecule has 1 aliphatic rings. The molecule has 23 heavy (non-hydrogen) atoms. The van der Waals surface area contributed by atoms with Crippen LogP contribution < -0.4 is 10.4 Å². The molecule has 0 heterocycles. The fourth-order valence-corrected chi connectivity index (χ4v) is 9.10. The summed E-state index contributed by atoms with van der Waals surface area (Å²) in [7, 11) is -2.50. The predicted octanol–water partition coefficient (Wildman–Crippen LogP) is 5.04. The van der Waals surface area contributed by atoms with Gasteiger partial charge in [0.25, 0.3) is 0 Å². The topological polar surface area (TPSA) is 0 Å². The highest BCUT2D eigenvalue weighted by Gasteiger charge is 2.54. The molecule has 3 rings (SSSR count). The second-order valence-corrected chi connectivity index (χ2v) is 11.9. The highest BCUT2D eigenvalue weighted by atomic mass is 35.6. The van der Waals surface area contributed by atoms with E-state index in [9.17, 15) is 0 Å². The molecular weight excluding hydrogens is 316 g/mol. The lowest BCUT2D eigenvalue weighted by atomic mass is 10.0. The highest BCUT2D eigenvalue weighted by Crippen LogP contribution is 2.54. The van der Waals surface area contributed by atoms with Gasteiger partial charge in [-0.2, -0.15) is 11.1 Å². The molecule has 0 amide bonds. The van der Waals surface area contributed by atoms with Crippen molar-refractivity contribution >= 4 is 28.8 Å². The predicted molar refractivity (Wildman–Crippen MR) is 104 cm³/mol. The van der Waals surface area contributed by atoms with Gasteiger partial charge in [0.1, 0.15) is 0 Å². The Morgan fingerprint density at radius 3 is 1.57 bits per heavy atom. The summed E-state index contributed by atoms with van der Waals surface area (Å²) in [6, 6.07) is 21.3. The van der Waals surface area contributed by atoms with Crippen LogP contribution in [0.15, 0.2) is 83.5 Å². The van der Waals surface area contributed by atoms with E-state index in [0.717, 1.165) is 0 Å². The van der Waals surface area contributed by atoms with Crippen molar-refractivity contribution in [1.29, 1.82) is 0 Å². The monoisotopic (exact) mass is 338 g/mol. The molecule has 1 atom stereocenters. The molecule has 0 saturated carbocycles. The zero-order valence-corrected chi connectivity index (χ0v) is 16.0. The minimum atomic E-state index is -2.50. The Labute approximate surface area is 145 Å². The molecule has 1 unspecified atom stereocenters. The molecule has 1 aliphatic carbocycles. The molecule has 0 nitrogen and oxygen atoms in total. The van der Waals surface area contributed by atoms with Crippen LogP contribution in [0.4, 0.5) is 0 Å². The van der Waals surface area contributed by atoms with E-state index in [0.29, 0.717) is 0 Å². The van der Waals surface area contributed by atoms with Crippen molar-refractivity contribution in [3.8, 4) is 0 Å². The summed E-state index contributed by atoms with van der Waals surface area (Å²) in [4.78, 5) is 0. The van der Waals surface area contributed by atoms with E-state index in [1.165, 1.54) is 27.1 Å². The van der Waals surface area contributed by atoms with E-state index >= 15 is 0 Å². The first-order chi connectivity index (χ1) is 10.9. The van der Waals surface area contributed by atoms with E-state index in [4.69, 9.17) is 11.1 Å². The van der Waals surface area contributed by atoms with E-state index in [-0.39, 0.29) is 5.04 Å². The molecule has 0 bridgehead atoms. The van der Waals surface area contributed by atoms with Crippen LogP contribution in [0, 0.1) is 0 Å². The van der Waals surface area contributed by atoms with Crippen LogP contribution >= 0.6 is 11.1 Å².